The lowest BCUT2D eigenvalue weighted by molar-refractivity contribution is -0.139. The molecule has 2 heterocycles. The summed E-state index contributed by atoms with van der Waals surface area (Å²) in [5.41, 5.74) is 0.219. The Balaban J connectivity index is 1.51. The smallest absolute Gasteiger partial charge is 0.378 e. The number of halogens is 3. The molecule has 4 rings (SSSR count). The lowest BCUT2D eigenvalue weighted by Crippen LogP contribution is -2.43. The van der Waals surface area contributed by atoms with E-state index in [2.05, 4.69) is 10.2 Å². The molecule has 0 bridgehead atoms. The average molecular weight is 484 g/mol. The first kappa shape index (κ1) is 23.5. The summed E-state index contributed by atoms with van der Waals surface area (Å²) < 4.78 is 72.7. The van der Waals surface area contributed by atoms with Gasteiger partial charge in [-0.3, -0.25) is 4.79 Å². The Hall–Kier alpha value is -2.63. The van der Waals surface area contributed by atoms with Gasteiger partial charge in [0.05, 0.1) is 23.7 Å². The second kappa shape index (κ2) is 9.32. The van der Waals surface area contributed by atoms with Gasteiger partial charge in [0, 0.05) is 31.0 Å². The summed E-state index contributed by atoms with van der Waals surface area (Å²) in [7, 11) is -4.53. The van der Waals surface area contributed by atoms with Crippen LogP contribution in [0.15, 0.2) is 53.4 Å². The molecule has 7 nitrogen and oxygen atoms in total. The number of hydrogen-bond donors (Lipinski definition) is 1. The van der Waals surface area contributed by atoms with Gasteiger partial charge in [-0.2, -0.15) is 17.5 Å². The molecule has 0 aromatic heterocycles. The van der Waals surface area contributed by atoms with Crippen molar-refractivity contribution in [3.63, 3.8) is 0 Å². The minimum Gasteiger partial charge on any atom is -0.378 e. The summed E-state index contributed by atoms with van der Waals surface area (Å²) in [6.45, 7) is 2.78. The maximum Gasteiger partial charge on any atom is 0.417 e. The number of nitrogens with one attached hydrogen (secondary N) is 1. The quantitative estimate of drug-likeness (QED) is 0.706. The molecule has 178 valence electrons. The molecular formula is C22H24F3N3O4S. The molecule has 0 unspecified atom stereocenters. The van der Waals surface area contributed by atoms with Crippen LogP contribution in [-0.4, -0.2) is 57.5 Å². The van der Waals surface area contributed by atoms with Crippen LogP contribution in [0.5, 0.6) is 0 Å². The second-order valence-electron chi connectivity index (χ2n) is 7.90. The molecular weight excluding hydrogens is 459 g/mol. The monoisotopic (exact) mass is 483 g/mol. The third-order valence-electron chi connectivity index (χ3n) is 5.80. The van der Waals surface area contributed by atoms with Crippen molar-refractivity contribution in [3.8, 4) is 0 Å². The average Bonchev–Trinajstić information content (AvgIpc) is 3.31. The Morgan fingerprint density at radius 1 is 1.00 bits per heavy atom. The van der Waals surface area contributed by atoms with Crippen molar-refractivity contribution < 1.29 is 31.1 Å². The first-order valence-corrected chi connectivity index (χ1v) is 12.0. The van der Waals surface area contributed by atoms with Crippen LogP contribution in [0.25, 0.3) is 0 Å². The minimum absolute atomic E-state index is 0.0252. The Labute approximate surface area is 190 Å². The number of rotatable bonds is 5. The molecule has 2 aromatic carbocycles. The van der Waals surface area contributed by atoms with Crippen LogP contribution < -0.4 is 10.2 Å². The van der Waals surface area contributed by atoms with Crippen molar-refractivity contribution in [3.05, 3.63) is 54.1 Å². The van der Waals surface area contributed by atoms with E-state index in [1.165, 1.54) is 6.07 Å². The lowest BCUT2D eigenvalue weighted by atomic mass is 10.2. The van der Waals surface area contributed by atoms with E-state index in [4.69, 9.17) is 4.74 Å². The zero-order valence-corrected chi connectivity index (χ0v) is 18.5. The van der Waals surface area contributed by atoms with E-state index in [9.17, 15) is 26.4 Å². The van der Waals surface area contributed by atoms with E-state index in [0.717, 1.165) is 41.3 Å². The topological polar surface area (TPSA) is 79.0 Å². The van der Waals surface area contributed by atoms with Crippen LogP contribution in [0.4, 0.5) is 24.5 Å². The molecule has 2 aromatic rings. The maximum absolute atomic E-state index is 13.4. The van der Waals surface area contributed by atoms with Crippen LogP contribution in [0.3, 0.4) is 0 Å². The lowest BCUT2D eigenvalue weighted by Gasteiger charge is -2.29. The fourth-order valence-electron chi connectivity index (χ4n) is 4.14. The highest BCUT2D eigenvalue weighted by Gasteiger charge is 2.44. The standard InChI is InChI=1S/C22H24F3N3O4S/c23-22(24,25)18-4-1-2-6-20(18)33(30,31)28-11-3-5-19(28)21(29)26-16-7-9-17(10-8-16)27-12-14-32-15-13-27/h1-2,4,6-10,19H,3,5,11-15H2,(H,26,29)/t19-/m0/s1. The number of anilines is 2. The van der Waals surface area contributed by atoms with Crippen LogP contribution >= 0.6 is 0 Å². The third-order valence-corrected chi connectivity index (χ3v) is 7.76. The number of carbonyl (C=O) groups excluding carboxylic acids is 1. The normalized spacial score (nSPS) is 20.1. The van der Waals surface area contributed by atoms with Crippen molar-refractivity contribution in [2.24, 2.45) is 0 Å². The largest absolute Gasteiger partial charge is 0.417 e. The summed E-state index contributed by atoms with van der Waals surface area (Å²) in [6.07, 6.45) is -4.23. The van der Waals surface area contributed by atoms with Gasteiger partial charge in [0.1, 0.15) is 6.04 Å². The maximum atomic E-state index is 13.4. The molecule has 1 N–H and O–H groups in total. The van der Waals surface area contributed by atoms with Crippen molar-refractivity contribution in [1.29, 1.82) is 0 Å². The van der Waals surface area contributed by atoms with Gasteiger partial charge < -0.3 is 15.0 Å². The molecule has 1 atom stereocenters. The van der Waals surface area contributed by atoms with Gasteiger partial charge >= 0.3 is 6.18 Å². The van der Waals surface area contributed by atoms with Crippen molar-refractivity contribution in [2.75, 3.05) is 43.1 Å². The summed E-state index contributed by atoms with van der Waals surface area (Å²) >= 11 is 0. The molecule has 0 aliphatic carbocycles. The van der Waals surface area contributed by atoms with E-state index < -0.39 is 38.6 Å². The highest BCUT2D eigenvalue weighted by atomic mass is 32.2. The Morgan fingerprint density at radius 2 is 1.67 bits per heavy atom. The molecule has 2 fully saturated rings. The molecule has 2 aliphatic heterocycles. The van der Waals surface area contributed by atoms with Crippen LogP contribution in [0.1, 0.15) is 18.4 Å². The molecule has 11 heteroatoms. The third kappa shape index (κ3) is 4.99. The predicted octanol–water partition coefficient (Wildman–Crippen LogP) is 3.33. The molecule has 33 heavy (non-hydrogen) atoms. The van der Waals surface area contributed by atoms with Gasteiger partial charge in [-0.25, -0.2) is 8.42 Å². The Morgan fingerprint density at radius 3 is 2.33 bits per heavy atom. The Kier molecular flexibility index (Phi) is 6.64. The zero-order valence-electron chi connectivity index (χ0n) is 17.7. The number of benzene rings is 2. The number of hydrogen-bond acceptors (Lipinski definition) is 5. The SMILES string of the molecule is O=C(Nc1ccc(N2CCOCC2)cc1)[C@@H]1CCCN1S(=O)(=O)c1ccccc1C(F)(F)F. The number of alkyl halides is 3. The first-order valence-electron chi connectivity index (χ1n) is 10.6. The fourth-order valence-corrected chi connectivity index (χ4v) is 6.02. The Bertz CT molecular complexity index is 1100. The molecule has 0 saturated carbocycles. The number of nitrogens with zero attached hydrogens (tertiary/aromatic N) is 2. The molecule has 2 aliphatic rings. The molecule has 2 saturated heterocycles. The van der Waals surface area contributed by atoms with E-state index in [1.807, 2.05) is 12.1 Å². The number of morpholine rings is 1. The highest BCUT2D eigenvalue weighted by molar-refractivity contribution is 7.89. The second-order valence-corrected chi connectivity index (χ2v) is 9.76. The fraction of sp³-hybridized carbons (Fsp3) is 0.409. The van der Waals surface area contributed by atoms with Crippen LogP contribution in [0, 0.1) is 0 Å². The van der Waals surface area contributed by atoms with Crippen molar-refractivity contribution >= 4 is 27.3 Å². The summed E-state index contributed by atoms with van der Waals surface area (Å²) in [6, 6.07) is 10.1. The van der Waals surface area contributed by atoms with Gasteiger partial charge in [0.2, 0.25) is 15.9 Å². The van der Waals surface area contributed by atoms with E-state index in [0.29, 0.717) is 25.3 Å². The van der Waals surface area contributed by atoms with E-state index >= 15 is 0 Å². The van der Waals surface area contributed by atoms with Crippen molar-refractivity contribution in [1.82, 2.24) is 4.31 Å². The predicted molar refractivity (Wildman–Crippen MR) is 116 cm³/mol. The van der Waals surface area contributed by atoms with Gasteiger partial charge in [-0.05, 0) is 49.2 Å². The number of ether oxygens (including phenoxy) is 1. The van der Waals surface area contributed by atoms with Gasteiger partial charge in [0.25, 0.3) is 0 Å². The molecule has 0 spiro atoms. The van der Waals surface area contributed by atoms with Crippen LogP contribution in [0.2, 0.25) is 0 Å². The number of amides is 1. The van der Waals surface area contributed by atoms with Crippen molar-refractivity contribution in [2.45, 2.75) is 30.0 Å². The molecule has 0 radical (unpaired) electrons. The number of sulfonamides is 1. The van der Waals surface area contributed by atoms with Gasteiger partial charge in [-0.15, -0.1) is 0 Å². The van der Waals surface area contributed by atoms with Crippen LogP contribution in [-0.2, 0) is 25.7 Å². The van der Waals surface area contributed by atoms with Gasteiger partial charge in [0.15, 0.2) is 0 Å². The first-order chi connectivity index (χ1) is 15.7. The number of carbonyl (C=O) groups is 1. The minimum atomic E-state index is -4.83. The highest BCUT2D eigenvalue weighted by Crippen LogP contribution is 2.37. The molecule has 1 amide bonds. The summed E-state index contributed by atoms with van der Waals surface area (Å²) in [5, 5.41) is 2.70. The summed E-state index contributed by atoms with van der Waals surface area (Å²) in [5.74, 6) is -0.570. The van der Waals surface area contributed by atoms with E-state index in [1.54, 1.807) is 12.1 Å². The van der Waals surface area contributed by atoms with Gasteiger partial charge in [-0.1, -0.05) is 12.1 Å². The summed E-state index contributed by atoms with van der Waals surface area (Å²) in [4.78, 5) is 14.2. The zero-order chi connectivity index (χ0) is 23.6. The van der Waals surface area contributed by atoms with E-state index in [-0.39, 0.29) is 13.0 Å².